The fourth-order valence-corrected chi connectivity index (χ4v) is 2.54. The van der Waals surface area contributed by atoms with Crippen molar-refractivity contribution in [3.8, 4) is 0 Å². The van der Waals surface area contributed by atoms with Gasteiger partial charge in [0.2, 0.25) is 0 Å². The monoisotopic (exact) mass is 223 g/mol. The summed E-state index contributed by atoms with van der Waals surface area (Å²) in [6, 6.07) is 0.295. The molecule has 5 heteroatoms. The van der Waals surface area contributed by atoms with Crippen LogP contribution in [0.2, 0.25) is 0 Å². The van der Waals surface area contributed by atoms with Gasteiger partial charge in [-0.05, 0) is 25.2 Å². The zero-order chi connectivity index (χ0) is 11.4. The lowest BCUT2D eigenvalue weighted by atomic mass is 9.82. The van der Waals surface area contributed by atoms with Crippen LogP contribution in [-0.4, -0.2) is 26.1 Å². The average molecular weight is 223 g/mol. The van der Waals surface area contributed by atoms with E-state index in [2.05, 4.69) is 10.2 Å². The van der Waals surface area contributed by atoms with Crippen LogP contribution in [0.3, 0.4) is 0 Å². The summed E-state index contributed by atoms with van der Waals surface area (Å²) in [5, 5.41) is 17.1. The standard InChI is InChI=1S/C11H17N3O2/c15-11(16)6-5-9-3-1-2-4-10(9)14-12-7-8-13-14/h7-10H,1-6H2,(H,15,16). The second-order valence-corrected chi connectivity index (χ2v) is 4.39. The van der Waals surface area contributed by atoms with E-state index in [1.165, 1.54) is 12.8 Å². The molecular formula is C11H17N3O2. The molecule has 1 heterocycles. The van der Waals surface area contributed by atoms with Crippen molar-refractivity contribution >= 4 is 5.97 Å². The first-order valence-electron chi connectivity index (χ1n) is 5.85. The third-order valence-electron chi connectivity index (χ3n) is 3.33. The molecule has 88 valence electrons. The summed E-state index contributed by atoms with van der Waals surface area (Å²) in [6.07, 6.45) is 8.91. The zero-order valence-electron chi connectivity index (χ0n) is 9.25. The second-order valence-electron chi connectivity index (χ2n) is 4.39. The van der Waals surface area contributed by atoms with Crippen LogP contribution in [0, 0.1) is 5.92 Å². The van der Waals surface area contributed by atoms with E-state index in [-0.39, 0.29) is 6.42 Å². The SMILES string of the molecule is O=C(O)CCC1CCCCC1n1nccn1. The van der Waals surface area contributed by atoms with E-state index in [9.17, 15) is 4.79 Å². The predicted octanol–water partition coefficient (Wildman–Crippen LogP) is 1.87. The van der Waals surface area contributed by atoms with E-state index in [1.54, 1.807) is 17.2 Å². The summed E-state index contributed by atoms with van der Waals surface area (Å²) in [4.78, 5) is 12.4. The number of rotatable bonds is 4. The Balaban J connectivity index is 2.00. The third kappa shape index (κ3) is 2.59. The highest BCUT2D eigenvalue weighted by Crippen LogP contribution is 2.35. The van der Waals surface area contributed by atoms with E-state index in [0.29, 0.717) is 12.0 Å². The van der Waals surface area contributed by atoms with E-state index >= 15 is 0 Å². The van der Waals surface area contributed by atoms with Gasteiger partial charge in [0.1, 0.15) is 0 Å². The number of nitrogens with zero attached hydrogens (tertiary/aromatic N) is 3. The maximum atomic E-state index is 10.6. The quantitative estimate of drug-likeness (QED) is 0.846. The van der Waals surface area contributed by atoms with E-state index in [0.717, 1.165) is 19.3 Å². The topological polar surface area (TPSA) is 68.0 Å². The van der Waals surface area contributed by atoms with Gasteiger partial charge in [-0.3, -0.25) is 4.79 Å². The van der Waals surface area contributed by atoms with Gasteiger partial charge in [-0.2, -0.15) is 15.0 Å². The van der Waals surface area contributed by atoms with Gasteiger partial charge in [0.05, 0.1) is 18.4 Å². The minimum atomic E-state index is -0.710. The Morgan fingerprint density at radius 3 is 2.69 bits per heavy atom. The van der Waals surface area contributed by atoms with Crippen LogP contribution in [-0.2, 0) is 4.79 Å². The molecular weight excluding hydrogens is 206 g/mol. The first-order valence-corrected chi connectivity index (χ1v) is 5.85. The van der Waals surface area contributed by atoms with Crippen molar-refractivity contribution in [1.82, 2.24) is 15.0 Å². The molecule has 2 rings (SSSR count). The van der Waals surface area contributed by atoms with Crippen molar-refractivity contribution in [2.75, 3.05) is 0 Å². The molecule has 16 heavy (non-hydrogen) atoms. The molecule has 0 spiro atoms. The molecule has 5 nitrogen and oxygen atoms in total. The highest BCUT2D eigenvalue weighted by molar-refractivity contribution is 5.66. The Labute approximate surface area is 94.5 Å². The predicted molar refractivity (Wildman–Crippen MR) is 57.9 cm³/mol. The van der Waals surface area contributed by atoms with Crippen LogP contribution in [0.15, 0.2) is 12.4 Å². The Morgan fingerprint density at radius 2 is 2.00 bits per heavy atom. The molecule has 0 bridgehead atoms. The summed E-state index contributed by atoms with van der Waals surface area (Å²) < 4.78 is 0. The molecule has 0 saturated heterocycles. The number of aromatic nitrogens is 3. The molecule has 2 atom stereocenters. The number of carboxylic acids is 1. The summed E-state index contributed by atoms with van der Waals surface area (Å²) in [5.41, 5.74) is 0. The Bertz CT molecular complexity index is 337. The first-order chi connectivity index (χ1) is 7.77. The Hall–Kier alpha value is -1.39. The van der Waals surface area contributed by atoms with Crippen molar-refractivity contribution in [2.24, 2.45) is 5.92 Å². The summed E-state index contributed by atoms with van der Waals surface area (Å²) in [5.74, 6) is -0.296. The second kappa shape index (κ2) is 5.09. The highest BCUT2D eigenvalue weighted by Gasteiger charge is 2.27. The molecule has 1 fully saturated rings. The van der Waals surface area contributed by atoms with Crippen LogP contribution in [0.5, 0.6) is 0 Å². The number of carbonyl (C=O) groups is 1. The molecule has 1 aromatic heterocycles. The highest BCUT2D eigenvalue weighted by atomic mass is 16.4. The molecule has 0 aromatic carbocycles. The number of carboxylic acid groups (broad SMARTS) is 1. The normalized spacial score (nSPS) is 25.5. The van der Waals surface area contributed by atoms with Crippen LogP contribution in [0.4, 0.5) is 0 Å². The summed E-state index contributed by atoms with van der Waals surface area (Å²) in [7, 11) is 0. The molecule has 1 saturated carbocycles. The van der Waals surface area contributed by atoms with Gasteiger partial charge in [-0.25, -0.2) is 0 Å². The fourth-order valence-electron chi connectivity index (χ4n) is 2.54. The van der Waals surface area contributed by atoms with Crippen molar-refractivity contribution in [3.63, 3.8) is 0 Å². The molecule has 0 radical (unpaired) electrons. The lowest BCUT2D eigenvalue weighted by Gasteiger charge is -2.30. The molecule has 0 aliphatic heterocycles. The molecule has 2 unspecified atom stereocenters. The molecule has 1 aromatic rings. The molecule has 1 N–H and O–H groups in total. The Morgan fingerprint density at radius 1 is 1.31 bits per heavy atom. The van der Waals surface area contributed by atoms with Gasteiger partial charge in [0.25, 0.3) is 0 Å². The zero-order valence-corrected chi connectivity index (χ0v) is 9.25. The van der Waals surface area contributed by atoms with Gasteiger partial charge in [-0.15, -0.1) is 0 Å². The molecule has 1 aliphatic rings. The van der Waals surface area contributed by atoms with Crippen LogP contribution >= 0.6 is 0 Å². The van der Waals surface area contributed by atoms with Crippen molar-refractivity contribution in [2.45, 2.75) is 44.6 Å². The van der Waals surface area contributed by atoms with Gasteiger partial charge in [-0.1, -0.05) is 12.8 Å². The average Bonchev–Trinajstić information content (AvgIpc) is 2.80. The molecule has 0 amide bonds. The summed E-state index contributed by atoms with van der Waals surface area (Å²) in [6.45, 7) is 0. The van der Waals surface area contributed by atoms with Crippen LogP contribution in [0.25, 0.3) is 0 Å². The smallest absolute Gasteiger partial charge is 0.303 e. The van der Waals surface area contributed by atoms with Crippen molar-refractivity contribution in [1.29, 1.82) is 0 Å². The molecule has 1 aliphatic carbocycles. The maximum absolute atomic E-state index is 10.6. The van der Waals surface area contributed by atoms with E-state index in [1.807, 2.05) is 0 Å². The number of hydrogen-bond donors (Lipinski definition) is 1. The van der Waals surface area contributed by atoms with Crippen LogP contribution < -0.4 is 0 Å². The Kier molecular flexibility index (Phi) is 3.54. The lowest BCUT2D eigenvalue weighted by Crippen LogP contribution is -2.25. The van der Waals surface area contributed by atoms with Gasteiger partial charge in [0.15, 0.2) is 0 Å². The number of aliphatic carboxylic acids is 1. The minimum Gasteiger partial charge on any atom is -0.481 e. The maximum Gasteiger partial charge on any atom is 0.303 e. The lowest BCUT2D eigenvalue weighted by molar-refractivity contribution is -0.137. The fraction of sp³-hybridized carbons (Fsp3) is 0.727. The van der Waals surface area contributed by atoms with E-state index < -0.39 is 5.97 Å². The van der Waals surface area contributed by atoms with E-state index in [4.69, 9.17) is 5.11 Å². The third-order valence-corrected chi connectivity index (χ3v) is 3.33. The number of hydrogen-bond acceptors (Lipinski definition) is 3. The summed E-state index contributed by atoms with van der Waals surface area (Å²) >= 11 is 0. The van der Waals surface area contributed by atoms with Gasteiger partial charge >= 0.3 is 5.97 Å². The van der Waals surface area contributed by atoms with Crippen LogP contribution in [0.1, 0.15) is 44.6 Å². The van der Waals surface area contributed by atoms with Gasteiger partial charge < -0.3 is 5.11 Å². The van der Waals surface area contributed by atoms with Crippen molar-refractivity contribution < 1.29 is 9.90 Å². The van der Waals surface area contributed by atoms with Crippen molar-refractivity contribution in [3.05, 3.63) is 12.4 Å². The minimum absolute atomic E-state index is 0.252. The first kappa shape index (κ1) is 11.1. The largest absolute Gasteiger partial charge is 0.481 e. The van der Waals surface area contributed by atoms with Gasteiger partial charge in [0, 0.05) is 6.42 Å².